The van der Waals surface area contributed by atoms with Crippen molar-refractivity contribution >= 4 is 11.9 Å². The number of carboxylic acid groups (broad SMARTS) is 1. The van der Waals surface area contributed by atoms with E-state index in [4.69, 9.17) is 14.9 Å². The lowest BCUT2D eigenvalue weighted by Gasteiger charge is -2.44. The minimum Gasteiger partial charge on any atom is -0.477 e. The number of hydrogen-bond acceptors (Lipinski definition) is 8. The van der Waals surface area contributed by atoms with Crippen LogP contribution in [-0.4, -0.2) is 85.4 Å². The summed E-state index contributed by atoms with van der Waals surface area (Å²) < 4.78 is 4.94. The van der Waals surface area contributed by atoms with Crippen LogP contribution in [0.4, 0.5) is 0 Å². The molecule has 24 heavy (non-hydrogen) atoms. The van der Waals surface area contributed by atoms with Crippen molar-refractivity contribution in [3.05, 3.63) is 12.2 Å². The number of carbonyl (C=O) groups is 2. The second kappa shape index (κ2) is 8.51. The van der Waals surface area contributed by atoms with Crippen LogP contribution in [0.15, 0.2) is 12.2 Å². The van der Waals surface area contributed by atoms with Gasteiger partial charge in [0.05, 0.1) is 18.8 Å². The number of allylic oxidation sites excluding steroid dienone is 1. The van der Waals surface area contributed by atoms with Crippen molar-refractivity contribution in [2.24, 2.45) is 0 Å². The Bertz CT molecular complexity index is 483. The van der Waals surface area contributed by atoms with Crippen molar-refractivity contribution in [1.29, 1.82) is 0 Å². The van der Waals surface area contributed by atoms with Crippen molar-refractivity contribution in [3.8, 4) is 0 Å². The molecule has 0 aromatic rings. The van der Waals surface area contributed by atoms with Gasteiger partial charge in [0.2, 0.25) is 5.91 Å². The van der Waals surface area contributed by atoms with Crippen LogP contribution in [0, 0.1) is 0 Å². The third-order valence-corrected chi connectivity index (χ3v) is 3.65. The molecule has 10 heteroatoms. The number of carboxylic acids is 1. The maximum atomic E-state index is 11.8. The fourth-order valence-electron chi connectivity index (χ4n) is 2.34. The number of aliphatic hydroxyl groups excluding tert-OH is 4. The van der Waals surface area contributed by atoms with E-state index in [0.29, 0.717) is 6.42 Å². The van der Waals surface area contributed by atoms with Gasteiger partial charge in [0.25, 0.3) is 5.79 Å². The fraction of sp³-hybridized carbons (Fsp3) is 0.714. The molecule has 1 aliphatic rings. The highest BCUT2D eigenvalue weighted by Crippen LogP contribution is 2.30. The van der Waals surface area contributed by atoms with Gasteiger partial charge in [-0.25, -0.2) is 4.79 Å². The predicted molar refractivity (Wildman–Crippen MR) is 78.5 cm³/mol. The molecule has 0 bridgehead atoms. The van der Waals surface area contributed by atoms with E-state index in [2.05, 4.69) is 5.32 Å². The Hall–Kier alpha value is -1.56. The Morgan fingerprint density at radius 3 is 2.54 bits per heavy atom. The monoisotopic (exact) mass is 349 g/mol. The molecule has 0 spiro atoms. The molecular formula is C14H23NO9. The highest BCUT2D eigenvalue weighted by molar-refractivity contribution is 5.87. The zero-order valence-electron chi connectivity index (χ0n) is 13.1. The first kappa shape index (κ1) is 20.5. The molecule has 1 heterocycles. The molecule has 1 saturated heterocycles. The van der Waals surface area contributed by atoms with Gasteiger partial charge in [-0.05, 0) is 12.5 Å². The van der Waals surface area contributed by atoms with Crippen LogP contribution < -0.4 is 5.32 Å². The predicted octanol–water partition coefficient (Wildman–Crippen LogP) is -2.93. The summed E-state index contributed by atoms with van der Waals surface area (Å²) in [6.45, 7) is 0.915. The third-order valence-electron chi connectivity index (χ3n) is 3.65. The summed E-state index contributed by atoms with van der Waals surface area (Å²) >= 11 is 0. The molecule has 1 fully saturated rings. The molecule has 0 aromatic heterocycles. The Labute approximate surface area is 138 Å². The van der Waals surface area contributed by atoms with E-state index in [-0.39, 0.29) is 0 Å². The van der Waals surface area contributed by atoms with Gasteiger partial charge in [-0.2, -0.15) is 0 Å². The topological polar surface area (TPSA) is 177 Å². The average Bonchev–Trinajstić information content (AvgIpc) is 2.53. The fourth-order valence-corrected chi connectivity index (χ4v) is 2.34. The van der Waals surface area contributed by atoms with Crippen LogP contribution in [0.5, 0.6) is 0 Å². The summed E-state index contributed by atoms with van der Waals surface area (Å²) in [4.78, 5) is 22.9. The largest absolute Gasteiger partial charge is 0.477 e. The summed E-state index contributed by atoms with van der Waals surface area (Å²) in [5, 5.41) is 59.9. The molecule has 0 radical (unpaired) electrons. The van der Waals surface area contributed by atoms with Gasteiger partial charge in [-0.1, -0.05) is 13.0 Å². The molecule has 10 nitrogen and oxygen atoms in total. The Kier molecular flexibility index (Phi) is 7.27. The van der Waals surface area contributed by atoms with Gasteiger partial charge in [0.15, 0.2) is 0 Å². The number of ether oxygens (including phenoxy) is 1. The van der Waals surface area contributed by atoms with Gasteiger partial charge in [-0.15, -0.1) is 0 Å². The van der Waals surface area contributed by atoms with Crippen LogP contribution in [0.25, 0.3) is 0 Å². The molecule has 6 atom stereocenters. The van der Waals surface area contributed by atoms with Crippen LogP contribution in [0.2, 0.25) is 0 Å². The van der Waals surface area contributed by atoms with Crippen LogP contribution >= 0.6 is 0 Å². The molecule has 0 saturated carbocycles. The smallest absolute Gasteiger partial charge is 0.364 e. The van der Waals surface area contributed by atoms with Gasteiger partial charge >= 0.3 is 5.97 Å². The molecule has 0 aliphatic carbocycles. The van der Waals surface area contributed by atoms with E-state index in [1.165, 1.54) is 12.2 Å². The van der Waals surface area contributed by atoms with Crippen molar-refractivity contribution in [2.45, 2.75) is 56.0 Å². The summed E-state index contributed by atoms with van der Waals surface area (Å²) in [5.41, 5.74) is 0. The van der Waals surface area contributed by atoms with E-state index in [0.717, 1.165) is 0 Å². The quantitative estimate of drug-likeness (QED) is 0.237. The minimum absolute atomic E-state index is 0.575. The summed E-state index contributed by atoms with van der Waals surface area (Å²) in [6, 6.07) is -1.31. The van der Waals surface area contributed by atoms with Crippen LogP contribution in [-0.2, 0) is 14.3 Å². The van der Waals surface area contributed by atoms with Crippen molar-refractivity contribution in [3.63, 3.8) is 0 Å². The van der Waals surface area contributed by atoms with E-state index in [1.54, 1.807) is 6.92 Å². The van der Waals surface area contributed by atoms with Gasteiger partial charge < -0.3 is 40.7 Å². The number of nitrogens with one attached hydrogen (secondary N) is 1. The molecule has 7 N–H and O–H groups in total. The second-order valence-corrected chi connectivity index (χ2v) is 5.53. The van der Waals surface area contributed by atoms with Crippen molar-refractivity contribution < 1.29 is 45.0 Å². The number of aliphatic carboxylic acids is 1. The van der Waals surface area contributed by atoms with Gasteiger partial charge in [0, 0.05) is 6.42 Å². The lowest BCUT2D eigenvalue weighted by atomic mass is 9.88. The first-order valence-corrected chi connectivity index (χ1v) is 7.42. The minimum atomic E-state index is -2.80. The van der Waals surface area contributed by atoms with E-state index < -0.39 is 61.1 Å². The maximum Gasteiger partial charge on any atom is 0.364 e. The normalized spacial score (nSPS) is 33.2. The number of rotatable bonds is 7. The zero-order valence-corrected chi connectivity index (χ0v) is 13.1. The lowest BCUT2D eigenvalue weighted by Crippen LogP contribution is -2.67. The molecule has 1 amide bonds. The standard InChI is InChI=1S/C14H23NO9/c1-2-3-4-9(19)15-10-7(17)5-14(23,13(21)22)24-12(10)11(20)8(18)6-16/h3-4,7-8,10-12,16-18,20,23H,2,5-6H2,1H3,(H,15,19)(H,21,22)/t7-,8+,10+,11+,12+,14?/m0/s1. The lowest BCUT2D eigenvalue weighted by molar-refractivity contribution is -0.295. The average molecular weight is 349 g/mol. The van der Waals surface area contributed by atoms with E-state index in [9.17, 15) is 30.0 Å². The molecular weight excluding hydrogens is 326 g/mol. The molecule has 1 unspecified atom stereocenters. The summed E-state index contributed by atoms with van der Waals surface area (Å²) in [7, 11) is 0. The highest BCUT2D eigenvalue weighted by atomic mass is 16.7. The highest BCUT2D eigenvalue weighted by Gasteiger charge is 2.53. The number of amides is 1. The van der Waals surface area contributed by atoms with E-state index >= 15 is 0 Å². The third kappa shape index (κ3) is 4.72. The number of hydrogen-bond donors (Lipinski definition) is 7. The van der Waals surface area contributed by atoms with E-state index in [1.807, 2.05) is 0 Å². The second-order valence-electron chi connectivity index (χ2n) is 5.53. The summed E-state index contributed by atoms with van der Waals surface area (Å²) in [6.07, 6.45) is -4.32. The maximum absolute atomic E-state index is 11.8. The molecule has 1 rings (SSSR count). The molecule has 1 aliphatic heterocycles. The molecule has 0 aromatic carbocycles. The number of carbonyl (C=O) groups excluding carboxylic acids is 1. The Morgan fingerprint density at radius 2 is 2.04 bits per heavy atom. The van der Waals surface area contributed by atoms with Gasteiger partial charge in [-0.3, -0.25) is 4.79 Å². The van der Waals surface area contributed by atoms with Crippen molar-refractivity contribution in [1.82, 2.24) is 5.32 Å². The van der Waals surface area contributed by atoms with Crippen molar-refractivity contribution in [2.75, 3.05) is 6.61 Å². The first-order chi connectivity index (χ1) is 11.2. The summed E-state index contributed by atoms with van der Waals surface area (Å²) in [5.74, 6) is -5.24. The Balaban J connectivity index is 3.06. The van der Waals surface area contributed by atoms with Crippen LogP contribution in [0.3, 0.4) is 0 Å². The zero-order chi connectivity index (χ0) is 18.5. The van der Waals surface area contributed by atoms with Gasteiger partial charge in [0.1, 0.15) is 18.3 Å². The molecule has 138 valence electrons. The SMILES string of the molecule is CCC=CC(=O)N[C@H]1[C@H]([C@H](O)[C@H](O)CO)OC(O)(C(=O)O)C[C@@H]1O. The first-order valence-electron chi connectivity index (χ1n) is 7.42. The number of aliphatic hydroxyl groups is 5. The van der Waals surface area contributed by atoms with Crippen LogP contribution in [0.1, 0.15) is 19.8 Å². The Morgan fingerprint density at radius 1 is 1.42 bits per heavy atom.